The van der Waals surface area contributed by atoms with Crippen LogP contribution in [0.2, 0.25) is 0 Å². The first-order valence-corrected chi connectivity index (χ1v) is 9.85. The largest absolute Gasteiger partial charge is 0.342 e. The van der Waals surface area contributed by atoms with E-state index in [0.29, 0.717) is 11.8 Å². The van der Waals surface area contributed by atoms with Crippen LogP contribution in [0.25, 0.3) is 0 Å². The highest BCUT2D eigenvalue weighted by atomic mass is 16.2. The van der Waals surface area contributed by atoms with Crippen LogP contribution in [0.5, 0.6) is 0 Å². The van der Waals surface area contributed by atoms with Gasteiger partial charge in [0.2, 0.25) is 11.8 Å². The molecule has 3 aliphatic rings. The predicted molar refractivity (Wildman–Crippen MR) is 94.3 cm³/mol. The number of likely N-dealkylation sites (tertiary alicyclic amines) is 1. The second-order valence-corrected chi connectivity index (χ2v) is 8.25. The van der Waals surface area contributed by atoms with E-state index in [1.807, 2.05) is 4.90 Å². The molecule has 2 saturated heterocycles. The lowest BCUT2D eigenvalue weighted by Gasteiger charge is -2.45. The van der Waals surface area contributed by atoms with E-state index in [-0.39, 0.29) is 23.5 Å². The summed E-state index contributed by atoms with van der Waals surface area (Å²) in [6.45, 7) is 8.70. The van der Waals surface area contributed by atoms with E-state index in [9.17, 15) is 9.59 Å². The number of nitrogens with zero attached hydrogens (tertiary/aromatic N) is 2. The van der Waals surface area contributed by atoms with Crippen LogP contribution in [0.3, 0.4) is 0 Å². The fourth-order valence-electron chi connectivity index (χ4n) is 4.89. The van der Waals surface area contributed by atoms with Gasteiger partial charge in [-0.1, -0.05) is 26.7 Å². The first-order chi connectivity index (χ1) is 11.5. The van der Waals surface area contributed by atoms with Gasteiger partial charge in [-0.2, -0.15) is 0 Å². The van der Waals surface area contributed by atoms with Crippen molar-refractivity contribution in [2.75, 3.05) is 19.6 Å². The third-order valence-electron chi connectivity index (χ3n) is 6.15. The molecule has 1 aliphatic carbocycles. The van der Waals surface area contributed by atoms with Crippen molar-refractivity contribution in [3.63, 3.8) is 0 Å². The summed E-state index contributed by atoms with van der Waals surface area (Å²) in [5.41, 5.74) is -0.224. The molecule has 2 amide bonds. The molecule has 0 aromatic carbocycles. The number of nitrogens with one attached hydrogen (secondary N) is 1. The monoisotopic (exact) mass is 335 g/mol. The zero-order chi connectivity index (χ0) is 17.3. The van der Waals surface area contributed by atoms with Crippen molar-refractivity contribution in [1.29, 1.82) is 0 Å². The zero-order valence-corrected chi connectivity index (χ0v) is 15.5. The van der Waals surface area contributed by atoms with Crippen molar-refractivity contribution < 1.29 is 9.59 Å². The molecule has 1 saturated carbocycles. The highest BCUT2D eigenvalue weighted by Crippen LogP contribution is 2.35. The molecule has 0 bridgehead atoms. The third-order valence-corrected chi connectivity index (χ3v) is 6.15. The Morgan fingerprint density at radius 1 is 1.25 bits per heavy atom. The normalized spacial score (nSPS) is 27.7. The molecule has 0 aromatic heterocycles. The second kappa shape index (κ2) is 7.03. The molecular weight excluding hydrogens is 302 g/mol. The number of piperidine rings is 1. The summed E-state index contributed by atoms with van der Waals surface area (Å²) in [4.78, 5) is 29.5. The number of carbonyl (C=O) groups excluding carboxylic acids is 2. The van der Waals surface area contributed by atoms with Crippen LogP contribution in [0, 0.1) is 11.8 Å². The van der Waals surface area contributed by atoms with Crippen LogP contribution in [-0.4, -0.2) is 53.0 Å². The van der Waals surface area contributed by atoms with Crippen molar-refractivity contribution in [3.8, 4) is 0 Å². The molecule has 0 aromatic rings. The van der Waals surface area contributed by atoms with Crippen LogP contribution < -0.4 is 5.32 Å². The van der Waals surface area contributed by atoms with Crippen molar-refractivity contribution >= 4 is 11.8 Å². The van der Waals surface area contributed by atoms with Gasteiger partial charge in [-0.15, -0.1) is 0 Å². The molecule has 136 valence electrons. The molecule has 5 heteroatoms. The van der Waals surface area contributed by atoms with Gasteiger partial charge in [-0.3, -0.25) is 14.9 Å². The molecule has 1 atom stereocenters. The number of likely N-dealkylation sites (N-methyl/N-ethyl adjacent to an activating group) is 1. The van der Waals surface area contributed by atoms with Crippen molar-refractivity contribution in [1.82, 2.24) is 15.1 Å². The maximum atomic E-state index is 12.8. The lowest BCUT2D eigenvalue weighted by Crippen LogP contribution is -2.59. The van der Waals surface area contributed by atoms with Gasteiger partial charge < -0.3 is 9.80 Å². The quantitative estimate of drug-likeness (QED) is 0.858. The van der Waals surface area contributed by atoms with Gasteiger partial charge in [-0.25, -0.2) is 0 Å². The maximum Gasteiger partial charge on any atom is 0.241 e. The van der Waals surface area contributed by atoms with Gasteiger partial charge in [0.25, 0.3) is 0 Å². The van der Waals surface area contributed by atoms with E-state index < -0.39 is 0 Å². The summed E-state index contributed by atoms with van der Waals surface area (Å²) in [5, 5.41) is 3.66. The van der Waals surface area contributed by atoms with Crippen molar-refractivity contribution in [2.45, 2.75) is 77.4 Å². The van der Waals surface area contributed by atoms with Crippen LogP contribution in [0.15, 0.2) is 0 Å². The minimum absolute atomic E-state index is 0.0537. The van der Waals surface area contributed by atoms with E-state index in [2.05, 4.69) is 31.0 Å². The van der Waals surface area contributed by atoms with Gasteiger partial charge >= 0.3 is 0 Å². The van der Waals surface area contributed by atoms with E-state index in [0.717, 1.165) is 51.7 Å². The van der Waals surface area contributed by atoms with Gasteiger partial charge in [0, 0.05) is 38.4 Å². The topological polar surface area (TPSA) is 52.7 Å². The standard InChI is InChI=1S/C19H33N3O2/c1-4-22-18(24)16(13-14(2)3)20-19(22)9-11-21(12-10-19)17(23)15-7-5-6-8-15/h14-16,20H,4-13H2,1-3H3/t16-/m0/s1. The summed E-state index contributed by atoms with van der Waals surface area (Å²) in [7, 11) is 0. The molecular formula is C19H33N3O2. The number of carbonyl (C=O) groups is 2. The summed E-state index contributed by atoms with van der Waals surface area (Å²) in [6.07, 6.45) is 7.14. The fourth-order valence-corrected chi connectivity index (χ4v) is 4.89. The fraction of sp³-hybridized carbons (Fsp3) is 0.895. The Hall–Kier alpha value is -1.10. The molecule has 3 fully saturated rings. The third kappa shape index (κ3) is 3.19. The lowest BCUT2D eigenvalue weighted by molar-refractivity contribution is -0.139. The van der Waals surface area contributed by atoms with Crippen LogP contribution in [0.1, 0.15) is 65.7 Å². The smallest absolute Gasteiger partial charge is 0.241 e. The number of amides is 2. The summed E-state index contributed by atoms with van der Waals surface area (Å²) < 4.78 is 0. The Bertz CT molecular complexity index is 477. The number of rotatable bonds is 4. The average molecular weight is 335 g/mol. The Balaban J connectivity index is 1.64. The molecule has 24 heavy (non-hydrogen) atoms. The Morgan fingerprint density at radius 2 is 1.88 bits per heavy atom. The second-order valence-electron chi connectivity index (χ2n) is 8.25. The Labute approximate surface area is 146 Å². The first-order valence-electron chi connectivity index (χ1n) is 9.85. The van der Waals surface area contributed by atoms with E-state index in [1.165, 1.54) is 12.8 Å². The van der Waals surface area contributed by atoms with Gasteiger partial charge in [0.1, 0.15) is 0 Å². The molecule has 3 rings (SSSR count). The molecule has 0 radical (unpaired) electrons. The van der Waals surface area contributed by atoms with Crippen LogP contribution in [0.4, 0.5) is 0 Å². The van der Waals surface area contributed by atoms with Crippen molar-refractivity contribution in [2.24, 2.45) is 11.8 Å². The Kier molecular flexibility index (Phi) is 5.19. The van der Waals surface area contributed by atoms with Crippen molar-refractivity contribution in [3.05, 3.63) is 0 Å². The molecule has 1 N–H and O–H groups in total. The summed E-state index contributed by atoms with van der Waals surface area (Å²) >= 11 is 0. The maximum absolute atomic E-state index is 12.8. The summed E-state index contributed by atoms with van der Waals surface area (Å²) in [5.74, 6) is 1.37. The van der Waals surface area contributed by atoms with Crippen LogP contribution >= 0.6 is 0 Å². The number of hydrogen-bond donors (Lipinski definition) is 1. The zero-order valence-electron chi connectivity index (χ0n) is 15.5. The highest BCUT2D eigenvalue weighted by Gasteiger charge is 2.51. The molecule has 0 unspecified atom stereocenters. The molecule has 2 aliphatic heterocycles. The van der Waals surface area contributed by atoms with Gasteiger partial charge in [-0.05, 0) is 32.1 Å². The number of hydrogen-bond acceptors (Lipinski definition) is 3. The first kappa shape index (κ1) is 17.7. The minimum atomic E-state index is -0.224. The average Bonchev–Trinajstić information content (AvgIpc) is 3.15. The molecule has 5 nitrogen and oxygen atoms in total. The lowest BCUT2D eigenvalue weighted by atomic mass is 9.94. The van der Waals surface area contributed by atoms with E-state index in [1.54, 1.807) is 0 Å². The van der Waals surface area contributed by atoms with E-state index >= 15 is 0 Å². The van der Waals surface area contributed by atoms with E-state index in [4.69, 9.17) is 0 Å². The SMILES string of the molecule is CCN1C(=O)[C@H](CC(C)C)NC12CCN(C(=O)C1CCCC1)CC2. The Morgan fingerprint density at radius 3 is 2.42 bits per heavy atom. The summed E-state index contributed by atoms with van der Waals surface area (Å²) in [6, 6.07) is -0.0537. The van der Waals surface area contributed by atoms with Crippen LogP contribution in [-0.2, 0) is 9.59 Å². The molecule has 1 spiro atoms. The minimum Gasteiger partial charge on any atom is -0.342 e. The highest BCUT2D eigenvalue weighted by molar-refractivity contribution is 5.85. The predicted octanol–water partition coefficient (Wildman–Crippen LogP) is 2.36. The molecule has 2 heterocycles. The van der Waals surface area contributed by atoms with Gasteiger partial charge in [0.15, 0.2) is 0 Å². The van der Waals surface area contributed by atoms with Gasteiger partial charge in [0.05, 0.1) is 11.7 Å².